The molecule has 2 atom stereocenters. The number of halogens is 2. The maximum absolute atomic E-state index is 11.7. The molecule has 1 N–H and O–H groups in total. The average molecular weight is 371 g/mol. The number of hydrogen-bond donors (Lipinski definition) is 1. The number of benzene rings is 1. The Labute approximate surface area is 152 Å². The van der Waals surface area contributed by atoms with E-state index >= 15 is 0 Å². The Morgan fingerprint density at radius 2 is 2.08 bits per heavy atom. The Balaban J connectivity index is 0.00000169. The molecule has 3 aliphatic rings. The third kappa shape index (κ3) is 2.79. The number of methoxy groups -OCH3 is 1. The van der Waals surface area contributed by atoms with Gasteiger partial charge in [0.15, 0.2) is 5.60 Å². The molecule has 0 aromatic heterocycles. The number of oxime groups is 1. The zero-order chi connectivity index (χ0) is 16.1. The molecule has 1 spiro atoms. The number of carbonyl (C=O) groups excluding carboxylic acids is 1. The molecule has 1 unspecified atom stereocenters. The minimum absolute atomic E-state index is 0. The van der Waals surface area contributed by atoms with Gasteiger partial charge in [-0.2, -0.15) is 0 Å². The zero-order valence-electron chi connectivity index (χ0n) is 13.4. The lowest BCUT2D eigenvalue weighted by Crippen LogP contribution is -2.33. The van der Waals surface area contributed by atoms with E-state index in [9.17, 15) is 4.79 Å². The molecule has 7 heteroatoms. The highest BCUT2D eigenvalue weighted by atomic mass is 35.5. The van der Waals surface area contributed by atoms with E-state index in [1.807, 2.05) is 12.1 Å². The van der Waals surface area contributed by atoms with Gasteiger partial charge in [0.25, 0.3) is 0 Å². The summed E-state index contributed by atoms with van der Waals surface area (Å²) in [4.78, 5) is 17.5. The van der Waals surface area contributed by atoms with Crippen LogP contribution in [0, 0.1) is 0 Å². The second-order valence-corrected chi connectivity index (χ2v) is 7.18. The SMILES string of the molecule is COC(=O)[C@@H]1CC2(CN1)CC(C1(c3ccc(Cl)cc3)CC1)=NO2.Cl. The van der Waals surface area contributed by atoms with Gasteiger partial charge in [0.05, 0.1) is 12.8 Å². The molecule has 2 aliphatic heterocycles. The fourth-order valence-corrected chi connectivity index (χ4v) is 3.88. The predicted molar refractivity (Wildman–Crippen MR) is 93.9 cm³/mol. The molecule has 4 rings (SSSR count). The Morgan fingerprint density at radius 3 is 2.71 bits per heavy atom. The normalized spacial score (nSPS) is 29.6. The largest absolute Gasteiger partial charge is 0.468 e. The van der Waals surface area contributed by atoms with Crippen molar-refractivity contribution in [1.29, 1.82) is 0 Å². The molecule has 1 saturated carbocycles. The summed E-state index contributed by atoms with van der Waals surface area (Å²) in [6.07, 6.45) is 3.53. The third-order valence-corrected chi connectivity index (χ3v) is 5.52. The van der Waals surface area contributed by atoms with Crippen LogP contribution in [0.4, 0.5) is 0 Å². The van der Waals surface area contributed by atoms with Gasteiger partial charge in [-0.1, -0.05) is 28.9 Å². The lowest BCUT2D eigenvalue weighted by atomic mass is 9.83. The van der Waals surface area contributed by atoms with Gasteiger partial charge in [0.1, 0.15) is 6.04 Å². The molecule has 130 valence electrons. The summed E-state index contributed by atoms with van der Waals surface area (Å²) in [5.41, 5.74) is 1.93. The molecular weight excluding hydrogens is 351 g/mol. The second kappa shape index (κ2) is 6.21. The quantitative estimate of drug-likeness (QED) is 0.831. The van der Waals surface area contributed by atoms with Crippen molar-refractivity contribution in [3.63, 3.8) is 0 Å². The Morgan fingerprint density at radius 1 is 1.38 bits per heavy atom. The molecule has 2 heterocycles. The van der Waals surface area contributed by atoms with Crippen molar-refractivity contribution in [1.82, 2.24) is 5.32 Å². The van der Waals surface area contributed by atoms with Gasteiger partial charge >= 0.3 is 5.97 Å². The van der Waals surface area contributed by atoms with Crippen LogP contribution >= 0.6 is 24.0 Å². The van der Waals surface area contributed by atoms with Crippen LogP contribution in [0.15, 0.2) is 29.4 Å². The van der Waals surface area contributed by atoms with E-state index in [-0.39, 0.29) is 29.8 Å². The molecule has 24 heavy (non-hydrogen) atoms. The number of hydrogen-bond acceptors (Lipinski definition) is 5. The van der Waals surface area contributed by atoms with Gasteiger partial charge in [0, 0.05) is 29.8 Å². The minimum atomic E-state index is -0.407. The summed E-state index contributed by atoms with van der Waals surface area (Å²) in [6, 6.07) is 7.70. The van der Waals surface area contributed by atoms with Crippen LogP contribution in [-0.4, -0.2) is 37.0 Å². The number of ether oxygens (including phenoxy) is 1. The monoisotopic (exact) mass is 370 g/mol. The van der Waals surface area contributed by atoms with Crippen molar-refractivity contribution in [2.75, 3.05) is 13.7 Å². The van der Waals surface area contributed by atoms with Gasteiger partial charge in [-0.05, 0) is 30.5 Å². The van der Waals surface area contributed by atoms with Gasteiger partial charge in [0.2, 0.25) is 0 Å². The number of nitrogens with one attached hydrogen (secondary N) is 1. The van der Waals surface area contributed by atoms with Crippen molar-refractivity contribution in [2.24, 2.45) is 5.16 Å². The Bertz CT molecular complexity index is 673. The van der Waals surface area contributed by atoms with E-state index in [1.165, 1.54) is 12.7 Å². The van der Waals surface area contributed by atoms with E-state index in [4.69, 9.17) is 21.2 Å². The van der Waals surface area contributed by atoms with Crippen LogP contribution in [0.3, 0.4) is 0 Å². The molecule has 1 aliphatic carbocycles. The maximum atomic E-state index is 11.7. The zero-order valence-corrected chi connectivity index (χ0v) is 15.0. The second-order valence-electron chi connectivity index (χ2n) is 6.74. The Kier molecular flexibility index (Phi) is 4.53. The summed E-state index contributed by atoms with van der Waals surface area (Å²) in [7, 11) is 1.41. The van der Waals surface area contributed by atoms with Crippen LogP contribution in [0.25, 0.3) is 0 Å². The lowest BCUT2D eigenvalue weighted by Gasteiger charge is -2.20. The summed E-state index contributed by atoms with van der Waals surface area (Å²) in [5.74, 6) is -0.238. The van der Waals surface area contributed by atoms with Crippen LogP contribution in [-0.2, 0) is 19.8 Å². The first-order valence-corrected chi connectivity index (χ1v) is 8.28. The molecule has 0 bridgehead atoms. The predicted octanol–water partition coefficient (Wildman–Crippen LogP) is 2.84. The highest BCUT2D eigenvalue weighted by Crippen LogP contribution is 2.53. The molecule has 0 radical (unpaired) electrons. The van der Waals surface area contributed by atoms with Crippen LogP contribution < -0.4 is 5.32 Å². The molecule has 5 nitrogen and oxygen atoms in total. The molecule has 1 aromatic rings. The van der Waals surface area contributed by atoms with E-state index in [1.54, 1.807) is 0 Å². The molecule has 1 aromatic carbocycles. The lowest BCUT2D eigenvalue weighted by molar-refractivity contribution is -0.143. The first kappa shape index (κ1) is 17.5. The van der Waals surface area contributed by atoms with Gasteiger partial charge < -0.3 is 14.9 Å². The van der Waals surface area contributed by atoms with E-state index in [0.717, 1.165) is 30.0 Å². The highest BCUT2D eigenvalue weighted by Gasteiger charge is 2.56. The van der Waals surface area contributed by atoms with Crippen LogP contribution in [0.1, 0.15) is 31.2 Å². The first-order chi connectivity index (χ1) is 11.1. The standard InChI is InChI=1S/C17H19ClN2O3.ClH/c1-22-15(21)13-8-16(10-19-13)9-14(20-23-16)17(6-7-17)11-2-4-12(18)5-3-11;/h2-5,13,19H,6-10H2,1H3;1H/t13-,16?;/m0./s1. The molecule has 2 fully saturated rings. The van der Waals surface area contributed by atoms with E-state index in [2.05, 4.69) is 22.6 Å². The smallest absolute Gasteiger partial charge is 0.323 e. The third-order valence-electron chi connectivity index (χ3n) is 5.27. The summed E-state index contributed by atoms with van der Waals surface area (Å²) in [5, 5.41) is 8.35. The number of esters is 1. The van der Waals surface area contributed by atoms with Crippen LogP contribution in [0.2, 0.25) is 5.02 Å². The Hall–Kier alpha value is -1.30. The van der Waals surface area contributed by atoms with Crippen molar-refractivity contribution in [3.8, 4) is 0 Å². The molecular formula is C17H20Cl2N2O3. The molecule has 1 saturated heterocycles. The van der Waals surface area contributed by atoms with E-state index in [0.29, 0.717) is 13.0 Å². The van der Waals surface area contributed by atoms with Crippen molar-refractivity contribution in [3.05, 3.63) is 34.9 Å². The fraction of sp³-hybridized carbons (Fsp3) is 0.529. The summed E-state index contributed by atoms with van der Waals surface area (Å²) >= 11 is 5.99. The maximum Gasteiger partial charge on any atom is 0.323 e. The van der Waals surface area contributed by atoms with Gasteiger partial charge in [-0.3, -0.25) is 4.79 Å². The van der Waals surface area contributed by atoms with Gasteiger partial charge in [-0.15, -0.1) is 12.4 Å². The topological polar surface area (TPSA) is 59.9 Å². The van der Waals surface area contributed by atoms with Crippen molar-refractivity contribution < 1.29 is 14.4 Å². The number of rotatable bonds is 3. The van der Waals surface area contributed by atoms with Crippen molar-refractivity contribution in [2.45, 2.75) is 42.7 Å². The van der Waals surface area contributed by atoms with Crippen LogP contribution in [0.5, 0.6) is 0 Å². The molecule has 0 amide bonds. The van der Waals surface area contributed by atoms with E-state index < -0.39 is 5.60 Å². The van der Waals surface area contributed by atoms with Gasteiger partial charge in [-0.25, -0.2) is 0 Å². The highest BCUT2D eigenvalue weighted by molar-refractivity contribution is 6.30. The minimum Gasteiger partial charge on any atom is -0.468 e. The summed E-state index contributed by atoms with van der Waals surface area (Å²) in [6.45, 7) is 0.621. The number of carbonyl (C=O) groups is 1. The average Bonchev–Trinajstić information content (AvgIpc) is 3.11. The fourth-order valence-electron chi connectivity index (χ4n) is 3.75. The summed E-state index contributed by atoms with van der Waals surface area (Å²) < 4.78 is 4.82. The first-order valence-electron chi connectivity index (χ1n) is 7.90. The number of nitrogens with zero attached hydrogens (tertiary/aromatic N) is 1. The van der Waals surface area contributed by atoms with Crippen molar-refractivity contribution >= 4 is 35.7 Å².